The number of carbonyl (C=O) groups is 2. The lowest BCUT2D eigenvalue weighted by atomic mass is 10.2. The third-order valence-electron chi connectivity index (χ3n) is 4.55. The average molecular weight is 439 g/mol. The lowest BCUT2D eigenvalue weighted by Crippen LogP contribution is -2.11. The maximum absolute atomic E-state index is 12.8. The molecule has 2 N–H and O–H groups in total. The van der Waals surface area contributed by atoms with Crippen LogP contribution in [-0.2, 0) is 11.3 Å². The monoisotopic (exact) mass is 438 g/mol. The van der Waals surface area contributed by atoms with Gasteiger partial charge in [-0.05, 0) is 42.8 Å². The second-order valence-electron chi connectivity index (χ2n) is 6.88. The SMILES string of the molecule is CC(=O)Nc1cccc(NC(=O)c2cc3c(C)nn(Cc4ccccc4Cl)c3s2)c1. The van der Waals surface area contributed by atoms with Crippen LogP contribution < -0.4 is 10.6 Å². The van der Waals surface area contributed by atoms with Crippen molar-refractivity contribution in [3.05, 3.63) is 75.8 Å². The van der Waals surface area contributed by atoms with Crippen LogP contribution >= 0.6 is 22.9 Å². The number of aryl methyl sites for hydroxylation is 1. The molecule has 0 radical (unpaired) electrons. The van der Waals surface area contributed by atoms with Gasteiger partial charge in [-0.1, -0.05) is 35.9 Å². The second-order valence-corrected chi connectivity index (χ2v) is 8.32. The van der Waals surface area contributed by atoms with Crippen LogP contribution in [0.3, 0.4) is 0 Å². The topological polar surface area (TPSA) is 76.0 Å². The van der Waals surface area contributed by atoms with E-state index in [1.807, 2.05) is 41.9 Å². The number of aromatic nitrogens is 2. The number of hydrogen-bond donors (Lipinski definition) is 2. The average Bonchev–Trinajstić information content (AvgIpc) is 3.25. The summed E-state index contributed by atoms with van der Waals surface area (Å²) in [5, 5.41) is 11.8. The van der Waals surface area contributed by atoms with Gasteiger partial charge in [0.15, 0.2) is 0 Å². The van der Waals surface area contributed by atoms with Crippen molar-refractivity contribution in [3.63, 3.8) is 0 Å². The number of fused-ring (bicyclic) bond motifs is 1. The largest absolute Gasteiger partial charge is 0.326 e. The Balaban J connectivity index is 1.59. The van der Waals surface area contributed by atoms with Crippen molar-refractivity contribution in [2.75, 3.05) is 10.6 Å². The molecule has 0 spiro atoms. The van der Waals surface area contributed by atoms with E-state index in [9.17, 15) is 9.59 Å². The Morgan fingerprint density at radius 3 is 2.53 bits per heavy atom. The first kappa shape index (κ1) is 20.1. The molecule has 2 aromatic carbocycles. The number of hydrogen-bond acceptors (Lipinski definition) is 4. The van der Waals surface area contributed by atoms with Gasteiger partial charge in [0.05, 0.1) is 17.1 Å². The van der Waals surface area contributed by atoms with E-state index in [0.29, 0.717) is 27.8 Å². The molecule has 6 nitrogen and oxygen atoms in total. The molecule has 0 bridgehead atoms. The van der Waals surface area contributed by atoms with E-state index in [2.05, 4.69) is 15.7 Å². The van der Waals surface area contributed by atoms with E-state index in [0.717, 1.165) is 21.5 Å². The van der Waals surface area contributed by atoms with Crippen molar-refractivity contribution < 1.29 is 9.59 Å². The number of amides is 2. The molecule has 0 saturated heterocycles. The molecule has 0 saturated carbocycles. The van der Waals surface area contributed by atoms with Gasteiger partial charge in [0.25, 0.3) is 5.91 Å². The fourth-order valence-corrected chi connectivity index (χ4v) is 4.44. The second kappa shape index (κ2) is 8.30. The number of rotatable bonds is 5. The van der Waals surface area contributed by atoms with Gasteiger partial charge in [0, 0.05) is 28.7 Å². The number of thiophene rings is 1. The Kier molecular flexibility index (Phi) is 5.57. The van der Waals surface area contributed by atoms with E-state index in [1.54, 1.807) is 24.3 Å². The predicted molar refractivity (Wildman–Crippen MR) is 122 cm³/mol. The number of nitrogens with one attached hydrogen (secondary N) is 2. The smallest absolute Gasteiger partial charge is 0.265 e. The molecule has 0 fully saturated rings. The fraction of sp³-hybridized carbons (Fsp3) is 0.136. The van der Waals surface area contributed by atoms with Gasteiger partial charge in [0.1, 0.15) is 4.83 Å². The van der Waals surface area contributed by atoms with Crippen molar-refractivity contribution in [2.45, 2.75) is 20.4 Å². The Labute approximate surface area is 182 Å². The fourth-order valence-electron chi connectivity index (χ4n) is 3.19. The molecule has 2 heterocycles. The summed E-state index contributed by atoms with van der Waals surface area (Å²) in [5.74, 6) is -0.374. The molecule has 30 heavy (non-hydrogen) atoms. The zero-order valence-electron chi connectivity index (χ0n) is 16.4. The van der Waals surface area contributed by atoms with Gasteiger partial charge in [-0.25, -0.2) is 0 Å². The van der Waals surface area contributed by atoms with Crippen LogP contribution in [0.25, 0.3) is 10.2 Å². The minimum absolute atomic E-state index is 0.165. The summed E-state index contributed by atoms with van der Waals surface area (Å²) < 4.78 is 1.88. The van der Waals surface area contributed by atoms with Crippen LogP contribution in [0.2, 0.25) is 5.02 Å². The highest BCUT2D eigenvalue weighted by atomic mass is 35.5. The summed E-state index contributed by atoms with van der Waals surface area (Å²) in [5.41, 5.74) is 3.07. The molecule has 0 atom stereocenters. The highest BCUT2D eigenvalue weighted by Gasteiger charge is 2.17. The maximum Gasteiger partial charge on any atom is 0.265 e. The molecule has 0 unspecified atom stereocenters. The van der Waals surface area contributed by atoms with E-state index in [-0.39, 0.29) is 11.8 Å². The van der Waals surface area contributed by atoms with Crippen molar-refractivity contribution in [3.8, 4) is 0 Å². The molecule has 4 aromatic rings. The zero-order valence-corrected chi connectivity index (χ0v) is 18.0. The molecule has 152 valence electrons. The summed E-state index contributed by atoms with van der Waals surface area (Å²) in [7, 11) is 0. The minimum Gasteiger partial charge on any atom is -0.326 e. The van der Waals surface area contributed by atoms with Crippen LogP contribution in [0.15, 0.2) is 54.6 Å². The predicted octanol–water partition coefficient (Wildman–Crippen LogP) is 5.32. The summed E-state index contributed by atoms with van der Waals surface area (Å²) >= 11 is 7.68. The van der Waals surface area contributed by atoms with E-state index >= 15 is 0 Å². The minimum atomic E-state index is -0.208. The number of benzene rings is 2. The molecular formula is C22H19ClN4O2S. The first-order valence-corrected chi connectivity index (χ1v) is 10.5. The molecule has 8 heteroatoms. The van der Waals surface area contributed by atoms with Crippen molar-refractivity contribution in [1.29, 1.82) is 0 Å². The first-order valence-electron chi connectivity index (χ1n) is 9.30. The Bertz CT molecular complexity index is 1260. The molecule has 0 aliphatic heterocycles. The molecule has 0 aliphatic carbocycles. The Morgan fingerprint density at radius 1 is 1.07 bits per heavy atom. The van der Waals surface area contributed by atoms with Crippen LogP contribution in [-0.4, -0.2) is 21.6 Å². The Hall–Kier alpha value is -3.16. The summed E-state index contributed by atoms with van der Waals surface area (Å²) in [6.45, 7) is 3.90. The van der Waals surface area contributed by atoms with Crippen LogP contribution in [0.1, 0.15) is 27.9 Å². The van der Waals surface area contributed by atoms with Gasteiger partial charge in [-0.15, -0.1) is 11.3 Å². The van der Waals surface area contributed by atoms with Crippen LogP contribution in [0.4, 0.5) is 11.4 Å². The van der Waals surface area contributed by atoms with E-state index in [1.165, 1.54) is 18.3 Å². The van der Waals surface area contributed by atoms with Crippen molar-refractivity contribution >= 4 is 56.3 Å². The number of anilines is 2. The molecule has 4 rings (SSSR count). The summed E-state index contributed by atoms with van der Waals surface area (Å²) in [4.78, 5) is 25.6. The quantitative estimate of drug-likeness (QED) is 0.442. The van der Waals surface area contributed by atoms with Crippen molar-refractivity contribution in [2.24, 2.45) is 0 Å². The Morgan fingerprint density at radius 2 is 1.80 bits per heavy atom. The zero-order chi connectivity index (χ0) is 21.3. The maximum atomic E-state index is 12.8. The third kappa shape index (κ3) is 4.22. The number of halogens is 1. The summed E-state index contributed by atoms with van der Waals surface area (Å²) in [6, 6.07) is 16.6. The lowest BCUT2D eigenvalue weighted by molar-refractivity contribution is -0.114. The summed E-state index contributed by atoms with van der Waals surface area (Å²) in [6.07, 6.45) is 0. The van der Waals surface area contributed by atoms with E-state index < -0.39 is 0 Å². The molecule has 2 aromatic heterocycles. The van der Waals surface area contributed by atoms with Crippen LogP contribution in [0.5, 0.6) is 0 Å². The van der Waals surface area contributed by atoms with Gasteiger partial charge >= 0.3 is 0 Å². The number of nitrogens with zero attached hydrogens (tertiary/aromatic N) is 2. The van der Waals surface area contributed by atoms with Gasteiger partial charge < -0.3 is 10.6 Å². The standard InChI is InChI=1S/C22H19ClN4O2S/c1-13-18-11-20(21(29)25-17-8-5-7-16(10-17)24-14(2)28)30-22(18)27(26-13)12-15-6-3-4-9-19(15)23/h3-11H,12H2,1-2H3,(H,24,28)(H,25,29). The molecule has 2 amide bonds. The first-order chi connectivity index (χ1) is 14.4. The van der Waals surface area contributed by atoms with Gasteiger partial charge in [0.2, 0.25) is 5.91 Å². The molecule has 0 aliphatic rings. The third-order valence-corrected chi connectivity index (χ3v) is 6.07. The normalized spacial score (nSPS) is 10.9. The van der Waals surface area contributed by atoms with Gasteiger partial charge in [-0.3, -0.25) is 14.3 Å². The number of carbonyl (C=O) groups excluding carboxylic acids is 2. The highest BCUT2D eigenvalue weighted by Crippen LogP contribution is 2.30. The van der Waals surface area contributed by atoms with Crippen LogP contribution in [0, 0.1) is 6.92 Å². The lowest BCUT2D eigenvalue weighted by Gasteiger charge is -2.07. The van der Waals surface area contributed by atoms with Gasteiger partial charge in [-0.2, -0.15) is 5.10 Å². The highest BCUT2D eigenvalue weighted by molar-refractivity contribution is 7.20. The molecular weight excluding hydrogens is 420 g/mol. The van der Waals surface area contributed by atoms with E-state index in [4.69, 9.17) is 11.6 Å². The van der Waals surface area contributed by atoms with Crippen molar-refractivity contribution in [1.82, 2.24) is 9.78 Å².